The van der Waals surface area contributed by atoms with Crippen LogP contribution in [-0.2, 0) is 12.8 Å². The molecule has 0 nitrogen and oxygen atoms in total. The Bertz CT molecular complexity index is 1010. The quantitative estimate of drug-likeness (QED) is 0.362. The van der Waals surface area contributed by atoms with Gasteiger partial charge in [0.15, 0.2) is 0 Å². The van der Waals surface area contributed by atoms with Crippen molar-refractivity contribution in [2.75, 3.05) is 0 Å². The molecule has 0 spiro atoms. The number of hydrogen-bond acceptors (Lipinski definition) is 0. The van der Waals surface area contributed by atoms with Crippen LogP contribution in [0.25, 0.3) is 32.3 Å². The maximum Gasteiger partial charge on any atom is -0.00962 e. The first-order valence-corrected chi connectivity index (χ1v) is 7.77. The molecule has 4 aromatic carbocycles. The predicted molar refractivity (Wildman–Crippen MR) is 91.0 cm³/mol. The highest BCUT2D eigenvalue weighted by molar-refractivity contribution is 6.18. The molecule has 5 rings (SSSR count). The summed E-state index contributed by atoms with van der Waals surface area (Å²) in [6.45, 7) is 0. The van der Waals surface area contributed by atoms with E-state index in [1.165, 1.54) is 62.7 Å². The minimum Gasteiger partial charge on any atom is -0.0616 e. The highest BCUT2D eigenvalue weighted by atomic mass is 14.2. The molecule has 1 aliphatic carbocycles. The molecule has 0 bridgehead atoms. The van der Waals surface area contributed by atoms with Crippen LogP contribution in [0.5, 0.6) is 0 Å². The van der Waals surface area contributed by atoms with Crippen molar-refractivity contribution in [2.45, 2.75) is 19.3 Å². The largest absolute Gasteiger partial charge is 0.0616 e. The second-order valence-electron chi connectivity index (χ2n) is 6.11. The van der Waals surface area contributed by atoms with Crippen molar-refractivity contribution in [3.63, 3.8) is 0 Å². The third kappa shape index (κ3) is 1.50. The molecular weight excluding hydrogens is 252 g/mol. The predicted octanol–water partition coefficient (Wildman–Crippen LogP) is 5.63. The molecule has 0 unspecified atom stereocenters. The monoisotopic (exact) mass is 268 g/mol. The Kier molecular flexibility index (Phi) is 2.20. The van der Waals surface area contributed by atoms with Crippen molar-refractivity contribution in [3.8, 4) is 0 Å². The van der Waals surface area contributed by atoms with Gasteiger partial charge in [-0.25, -0.2) is 0 Å². The van der Waals surface area contributed by atoms with Gasteiger partial charge in [0.05, 0.1) is 0 Å². The molecular formula is C21H16. The fourth-order valence-corrected chi connectivity index (χ4v) is 4.01. The zero-order chi connectivity index (χ0) is 13.8. The zero-order valence-electron chi connectivity index (χ0n) is 11.9. The van der Waals surface area contributed by atoms with Gasteiger partial charge in [-0.15, -0.1) is 0 Å². The lowest BCUT2D eigenvalue weighted by molar-refractivity contribution is 0.809. The molecule has 1 aliphatic rings. The lowest BCUT2D eigenvalue weighted by atomic mass is 9.85. The summed E-state index contributed by atoms with van der Waals surface area (Å²) >= 11 is 0. The van der Waals surface area contributed by atoms with Gasteiger partial charge in [0.25, 0.3) is 0 Å². The van der Waals surface area contributed by atoms with E-state index in [1.54, 1.807) is 0 Å². The molecule has 0 heterocycles. The molecule has 0 amide bonds. The molecule has 0 radical (unpaired) electrons. The van der Waals surface area contributed by atoms with Crippen molar-refractivity contribution in [3.05, 3.63) is 71.8 Å². The fourth-order valence-electron chi connectivity index (χ4n) is 4.01. The van der Waals surface area contributed by atoms with Crippen molar-refractivity contribution >= 4 is 32.3 Å². The normalized spacial score (nSPS) is 14.1. The smallest absolute Gasteiger partial charge is 0.00962 e. The highest BCUT2D eigenvalue weighted by Gasteiger charge is 2.15. The summed E-state index contributed by atoms with van der Waals surface area (Å²) in [5, 5.41) is 8.48. The van der Waals surface area contributed by atoms with Crippen LogP contribution in [0, 0.1) is 0 Å². The average Bonchev–Trinajstić information content (AvgIpc) is 2.55. The Labute approximate surface area is 124 Å². The first-order valence-electron chi connectivity index (χ1n) is 7.77. The molecule has 0 saturated heterocycles. The van der Waals surface area contributed by atoms with E-state index in [4.69, 9.17) is 0 Å². The summed E-state index contributed by atoms with van der Waals surface area (Å²) in [6.07, 6.45) is 3.72. The molecule has 4 aromatic rings. The molecule has 0 N–H and O–H groups in total. The van der Waals surface area contributed by atoms with Crippen molar-refractivity contribution in [2.24, 2.45) is 0 Å². The molecule has 0 aromatic heterocycles. The summed E-state index contributed by atoms with van der Waals surface area (Å²) in [5.41, 5.74) is 3.07. The summed E-state index contributed by atoms with van der Waals surface area (Å²) in [4.78, 5) is 0. The Balaban J connectivity index is 2.08. The van der Waals surface area contributed by atoms with E-state index in [0.29, 0.717) is 0 Å². The van der Waals surface area contributed by atoms with Gasteiger partial charge in [-0.05, 0) is 68.8 Å². The summed E-state index contributed by atoms with van der Waals surface area (Å²) < 4.78 is 0. The maximum atomic E-state index is 2.45. The van der Waals surface area contributed by atoms with Gasteiger partial charge < -0.3 is 0 Å². The van der Waals surface area contributed by atoms with Gasteiger partial charge >= 0.3 is 0 Å². The van der Waals surface area contributed by atoms with Crippen LogP contribution < -0.4 is 0 Å². The molecule has 0 atom stereocenters. The highest BCUT2D eigenvalue weighted by Crippen LogP contribution is 2.37. The fraction of sp³-hybridized carbons (Fsp3) is 0.143. The van der Waals surface area contributed by atoms with Crippen LogP contribution in [0.15, 0.2) is 60.7 Å². The molecule has 0 saturated carbocycles. The van der Waals surface area contributed by atoms with E-state index in [1.807, 2.05) is 0 Å². The second kappa shape index (κ2) is 4.08. The standard InChI is InChI=1S/C21H16/c1-2-9-17-14(5-1)11-12-18-19-10-4-7-15-6-3-8-16(21(15)19)13-20(17)18/h1-2,4-5,7,9-13H,3,6,8H2. The van der Waals surface area contributed by atoms with E-state index >= 15 is 0 Å². The van der Waals surface area contributed by atoms with E-state index in [0.717, 1.165) is 0 Å². The van der Waals surface area contributed by atoms with Crippen molar-refractivity contribution in [1.29, 1.82) is 0 Å². The minimum atomic E-state index is 1.21. The van der Waals surface area contributed by atoms with Crippen LogP contribution in [0.2, 0.25) is 0 Å². The Morgan fingerprint density at radius 2 is 1.43 bits per heavy atom. The lowest BCUT2D eigenvalue weighted by Crippen LogP contribution is -2.01. The van der Waals surface area contributed by atoms with E-state index < -0.39 is 0 Å². The molecule has 0 fully saturated rings. The van der Waals surface area contributed by atoms with Gasteiger partial charge in [-0.2, -0.15) is 0 Å². The van der Waals surface area contributed by atoms with Gasteiger partial charge in [-0.3, -0.25) is 0 Å². The summed E-state index contributed by atoms with van der Waals surface area (Å²) in [7, 11) is 0. The Morgan fingerprint density at radius 3 is 2.43 bits per heavy atom. The summed E-state index contributed by atoms with van der Waals surface area (Å²) in [5.74, 6) is 0. The minimum absolute atomic E-state index is 1.21. The van der Waals surface area contributed by atoms with Gasteiger partial charge in [0.2, 0.25) is 0 Å². The van der Waals surface area contributed by atoms with Gasteiger partial charge in [-0.1, -0.05) is 54.6 Å². The first kappa shape index (κ1) is 11.3. The van der Waals surface area contributed by atoms with Crippen LogP contribution in [0.3, 0.4) is 0 Å². The van der Waals surface area contributed by atoms with Gasteiger partial charge in [0.1, 0.15) is 0 Å². The molecule has 0 heteroatoms. The SMILES string of the molecule is c1ccc2c(c1)ccc1c3cccc4c3c(cc21)CCC4. The van der Waals surface area contributed by atoms with Gasteiger partial charge in [0, 0.05) is 0 Å². The molecule has 0 aliphatic heterocycles. The Morgan fingerprint density at radius 1 is 0.571 bits per heavy atom. The van der Waals surface area contributed by atoms with Crippen LogP contribution in [0.1, 0.15) is 17.5 Å². The van der Waals surface area contributed by atoms with Crippen molar-refractivity contribution < 1.29 is 0 Å². The van der Waals surface area contributed by atoms with Crippen molar-refractivity contribution in [1.82, 2.24) is 0 Å². The first-order chi connectivity index (χ1) is 10.4. The zero-order valence-corrected chi connectivity index (χ0v) is 11.9. The van der Waals surface area contributed by atoms with Crippen LogP contribution in [-0.4, -0.2) is 0 Å². The topological polar surface area (TPSA) is 0 Å². The van der Waals surface area contributed by atoms with Crippen LogP contribution in [0.4, 0.5) is 0 Å². The van der Waals surface area contributed by atoms with E-state index in [2.05, 4.69) is 60.7 Å². The Hall–Kier alpha value is -2.34. The lowest BCUT2D eigenvalue weighted by Gasteiger charge is -2.19. The van der Waals surface area contributed by atoms with Crippen LogP contribution >= 0.6 is 0 Å². The number of hydrogen-bond donors (Lipinski definition) is 0. The molecule has 100 valence electrons. The second-order valence-corrected chi connectivity index (χ2v) is 6.11. The number of fused-ring (bicyclic) bond motifs is 4. The summed E-state index contributed by atoms with van der Waals surface area (Å²) in [6, 6.07) is 22.6. The third-order valence-electron chi connectivity index (χ3n) is 4.94. The maximum absolute atomic E-state index is 2.45. The number of rotatable bonds is 0. The van der Waals surface area contributed by atoms with E-state index in [-0.39, 0.29) is 0 Å². The number of benzene rings is 4. The average molecular weight is 268 g/mol. The number of aryl methyl sites for hydroxylation is 2. The third-order valence-corrected chi connectivity index (χ3v) is 4.94. The molecule has 21 heavy (non-hydrogen) atoms. The van der Waals surface area contributed by atoms with E-state index in [9.17, 15) is 0 Å².